The molecule has 0 bridgehead atoms. The van der Waals surface area contributed by atoms with Crippen LogP contribution in [0.1, 0.15) is 24.8 Å². The molecule has 0 N–H and O–H groups in total. The van der Waals surface area contributed by atoms with Crippen molar-refractivity contribution in [3.8, 4) is 0 Å². The number of anilines is 1. The smallest absolute Gasteiger partial charge is 0.225 e. The van der Waals surface area contributed by atoms with E-state index in [-0.39, 0.29) is 5.60 Å². The lowest BCUT2D eigenvalue weighted by Crippen LogP contribution is -2.48. The third-order valence-corrected chi connectivity index (χ3v) is 5.39. The Bertz CT molecular complexity index is 705. The highest BCUT2D eigenvalue weighted by molar-refractivity contribution is 5.30. The van der Waals surface area contributed by atoms with Gasteiger partial charge in [-0.3, -0.25) is 9.58 Å². The maximum atomic E-state index is 6.35. The van der Waals surface area contributed by atoms with E-state index in [1.54, 1.807) is 12.4 Å². The minimum atomic E-state index is -0.0336. The number of aryl methyl sites for hydroxylation is 1. The Hall–Kier alpha value is -1.99. The van der Waals surface area contributed by atoms with Crippen LogP contribution >= 0.6 is 0 Å². The van der Waals surface area contributed by atoms with E-state index in [0.717, 1.165) is 45.0 Å². The predicted octanol–water partition coefficient (Wildman–Crippen LogP) is 1.47. The Labute approximate surface area is 148 Å². The number of ether oxygens (including phenoxy) is 1. The highest BCUT2D eigenvalue weighted by Crippen LogP contribution is 2.37. The molecule has 2 aliphatic heterocycles. The number of likely N-dealkylation sites (N-methyl/N-ethyl adjacent to an activating group) is 1. The second kappa shape index (κ2) is 6.72. The van der Waals surface area contributed by atoms with Crippen LogP contribution in [0.3, 0.4) is 0 Å². The number of hydrogen-bond donors (Lipinski definition) is 0. The van der Waals surface area contributed by atoms with Crippen LogP contribution in [0.25, 0.3) is 0 Å². The van der Waals surface area contributed by atoms with Crippen molar-refractivity contribution in [2.75, 3.05) is 31.6 Å². The quantitative estimate of drug-likeness (QED) is 0.839. The zero-order valence-electron chi connectivity index (χ0n) is 15.0. The third kappa shape index (κ3) is 3.52. The summed E-state index contributed by atoms with van der Waals surface area (Å²) in [6, 6.07) is 2.18. The minimum absolute atomic E-state index is 0.0336. The fraction of sp³-hybridized carbons (Fsp3) is 0.611. The molecule has 2 fully saturated rings. The first-order valence-corrected chi connectivity index (χ1v) is 8.97. The molecular weight excluding hydrogens is 316 g/mol. The summed E-state index contributed by atoms with van der Waals surface area (Å²) in [5, 5.41) is 4.28. The van der Waals surface area contributed by atoms with E-state index in [1.165, 1.54) is 12.0 Å². The highest BCUT2D eigenvalue weighted by atomic mass is 16.5. The van der Waals surface area contributed by atoms with Gasteiger partial charge in [0.1, 0.15) is 0 Å². The van der Waals surface area contributed by atoms with Crippen molar-refractivity contribution in [2.45, 2.75) is 37.5 Å². The molecule has 7 nitrogen and oxygen atoms in total. The van der Waals surface area contributed by atoms with E-state index in [2.05, 4.69) is 38.1 Å². The number of likely N-dealkylation sites (tertiary alicyclic amines) is 1. The lowest BCUT2D eigenvalue weighted by molar-refractivity contribution is -0.0533. The first kappa shape index (κ1) is 16.5. The van der Waals surface area contributed by atoms with Gasteiger partial charge in [-0.15, -0.1) is 0 Å². The minimum Gasteiger partial charge on any atom is -0.371 e. The number of hydrogen-bond acceptors (Lipinski definition) is 6. The molecule has 2 aromatic heterocycles. The van der Waals surface area contributed by atoms with Gasteiger partial charge in [-0.2, -0.15) is 5.10 Å². The van der Waals surface area contributed by atoms with Crippen molar-refractivity contribution in [1.29, 1.82) is 0 Å². The largest absolute Gasteiger partial charge is 0.371 e. The van der Waals surface area contributed by atoms with Gasteiger partial charge in [-0.05, 0) is 25.5 Å². The summed E-state index contributed by atoms with van der Waals surface area (Å²) in [6.45, 7) is 3.81. The molecule has 2 saturated heterocycles. The van der Waals surface area contributed by atoms with Crippen LogP contribution in [0.15, 0.2) is 30.9 Å². The summed E-state index contributed by atoms with van der Waals surface area (Å²) in [7, 11) is 4.03. The van der Waals surface area contributed by atoms with Gasteiger partial charge in [0.05, 0.1) is 24.4 Å². The molecule has 2 aromatic rings. The number of nitrogens with zero attached hydrogens (tertiary/aromatic N) is 6. The maximum absolute atomic E-state index is 6.35. The van der Waals surface area contributed by atoms with Gasteiger partial charge in [0.2, 0.25) is 5.95 Å². The summed E-state index contributed by atoms with van der Waals surface area (Å²) < 4.78 is 8.22. The van der Waals surface area contributed by atoms with Crippen LogP contribution in [0, 0.1) is 0 Å². The zero-order chi connectivity index (χ0) is 17.3. The van der Waals surface area contributed by atoms with E-state index >= 15 is 0 Å². The molecule has 4 rings (SSSR count). The summed E-state index contributed by atoms with van der Waals surface area (Å²) in [4.78, 5) is 13.4. The van der Waals surface area contributed by atoms with Gasteiger partial charge in [-0.25, -0.2) is 9.97 Å². The molecule has 7 heteroatoms. The topological polar surface area (TPSA) is 59.3 Å². The Morgan fingerprint density at radius 3 is 2.96 bits per heavy atom. The Morgan fingerprint density at radius 1 is 1.36 bits per heavy atom. The monoisotopic (exact) mass is 342 g/mol. The Balaban J connectivity index is 1.40. The second-order valence-electron chi connectivity index (χ2n) is 7.35. The number of aromatic nitrogens is 4. The van der Waals surface area contributed by atoms with Crippen molar-refractivity contribution in [3.05, 3.63) is 36.4 Å². The zero-order valence-corrected chi connectivity index (χ0v) is 15.0. The van der Waals surface area contributed by atoms with Crippen molar-refractivity contribution < 1.29 is 4.74 Å². The molecule has 0 aromatic carbocycles. The van der Waals surface area contributed by atoms with Crippen LogP contribution in [-0.4, -0.2) is 63.0 Å². The molecule has 0 unspecified atom stereocenters. The van der Waals surface area contributed by atoms with Gasteiger partial charge in [0.25, 0.3) is 0 Å². The fourth-order valence-electron chi connectivity index (χ4n) is 4.13. The molecule has 1 spiro atoms. The van der Waals surface area contributed by atoms with Crippen LogP contribution in [0.2, 0.25) is 0 Å². The molecular formula is C18H26N6O. The number of rotatable bonds is 4. The molecule has 25 heavy (non-hydrogen) atoms. The normalized spacial score (nSPS) is 27.0. The lowest BCUT2D eigenvalue weighted by atomic mass is 9.88. The molecule has 0 saturated carbocycles. The van der Waals surface area contributed by atoms with Crippen LogP contribution in [-0.2, 0) is 18.3 Å². The lowest BCUT2D eigenvalue weighted by Gasteiger charge is -2.39. The van der Waals surface area contributed by atoms with Gasteiger partial charge in [0.15, 0.2) is 0 Å². The van der Waals surface area contributed by atoms with Crippen molar-refractivity contribution in [3.63, 3.8) is 0 Å². The summed E-state index contributed by atoms with van der Waals surface area (Å²) in [5.41, 5.74) is 1.23. The first-order valence-electron chi connectivity index (χ1n) is 8.97. The molecule has 0 amide bonds. The Kier molecular flexibility index (Phi) is 4.43. The predicted molar refractivity (Wildman–Crippen MR) is 95.2 cm³/mol. The third-order valence-electron chi connectivity index (χ3n) is 5.39. The molecule has 0 aliphatic carbocycles. The molecule has 4 heterocycles. The molecule has 0 radical (unpaired) electrons. The van der Waals surface area contributed by atoms with Gasteiger partial charge >= 0.3 is 0 Å². The van der Waals surface area contributed by atoms with Gasteiger partial charge < -0.3 is 9.64 Å². The number of piperidine rings is 1. The van der Waals surface area contributed by atoms with Crippen molar-refractivity contribution in [1.82, 2.24) is 24.6 Å². The SMILES string of the molecule is CN(c1ncccn1)[C@H]1CO[C@]2(CCCN(Cc3cnn(C)c3)C2)C1. The first-order chi connectivity index (χ1) is 12.1. The van der Waals surface area contributed by atoms with Crippen LogP contribution < -0.4 is 4.90 Å². The van der Waals surface area contributed by atoms with E-state index in [1.807, 2.05) is 24.0 Å². The molecule has 2 aliphatic rings. The summed E-state index contributed by atoms with van der Waals surface area (Å²) >= 11 is 0. The van der Waals surface area contributed by atoms with E-state index in [9.17, 15) is 0 Å². The molecule has 134 valence electrons. The summed E-state index contributed by atoms with van der Waals surface area (Å²) in [5.74, 6) is 0.774. The van der Waals surface area contributed by atoms with Crippen LogP contribution in [0.4, 0.5) is 5.95 Å². The maximum Gasteiger partial charge on any atom is 0.225 e. The second-order valence-corrected chi connectivity index (χ2v) is 7.35. The van der Waals surface area contributed by atoms with Gasteiger partial charge in [-0.1, -0.05) is 0 Å². The average Bonchev–Trinajstić information content (AvgIpc) is 3.22. The standard InChI is InChI=1S/C18H26N6O/c1-22-11-15(10-21-22)12-24-8-3-5-18(14-24)9-16(13-25-18)23(2)17-19-6-4-7-20-17/h4,6-7,10-11,16H,3,5,8-9,12-14H2,1-2H3/t16-,18-/m1/s1. The van der Waals surface area contributed by atoms with Crippen molar-refractivity contribution in [2.24, 2.45) is 7.05 Å². The van der Waals surface area contributed by atoms with E-state index in [0.29, 0.717) is 6.04 Å². The van der Waals surface area contributed by atoms with E-state index < -0.39 is 0 Å². The summed E-state index contributed by atoms with van der Waals surface area (Å²) in [6.07, 6.45) is 11.0. The highest BCUT2D eigenvalue weighted by Gasteiger charge is 2.44. The van der Waals surface area contributed by atoms with E-state index in [4.69, 9.17) is 4.74 Å². The van der Waals surface area contributed by atoms with Crippen LogP contribution in [0.5, 0.6) is 0 Å². The van der Waals surface area contributed by atoms with Gasteiger partial charge in [0, 0.05) is 57.8 Å². The van der Waals surface area contributed by atoms with Crippen molar-refractivity contribution >= 4 is 5.95 Å². The average molecular weight is 342 g/mol. The Morgan fingerprint density at radius 2 is 2.20 bits per heavy atom. The fourth-order valence-corrected chi connectivity index (χ4v) is 4.13. The molecule has 2 atom stereocenters.